The summed E-state index contributed by atoms with van der Waals surface area (Å²) >= 11 is 0. The molecule has 0 radical (unpaired) electrons. The van der Waals surface area contributed by atoms with E-state index in [0.717, 1.165) is 5.69 Å². The summed E-state index contributed by atoms with van der Waals surface area (Å²) < 4.78 is 1.71. The average molecular weight is 269 g/mol. The Morgan fingerprint density at radius 2 is 1.95 bits per heavy atom. The lowest BCUT2D eigenvalue weighted by Gasteiger charge is -2.11. The second-order valence-electron chi connectivity index (χ2n) is 5.25. The normalized spacial score (nSPS) is 15.6. The predicted molar refractivity (Wildman–Crippen MR) is 78.2 cm³/mol. The maximum Gasteiger partial charge on any atom is 0.195 e. The third kappa shape index (κ3) is 2.80. The minimum Gasteiger partial charge on any atom is -0.307 e. The van der Waals surface area contributed by atoms with Gasteiger partial charge in [0.05, 0.1) is 18.4 Å². The first-order chi connectivity index (χ1) is 9.84. The monoisotopic (exact) mass is 269 g/mol. The number of Topliss-reactive ketones (excluding diaryl/α,β-unsaturated/α-hetero) is 1. The van der Waals surface area contributed by atoms with E-state index in [4.69, 9.17) is 0 Å². The van der Waals surface area contributed by atoms with Crippen LogP contribution >= 0.6 is 0 Å². The van der Waals surface area contributed by atoms with Crippen molar-refractivity contribution in [1.29, 1.82) is 0 Å². The smallest absolute Gasteiger partial charge is 0.195 e. The molecule has 0 amide bonds. The number of carbonyl (C=O) groups excluding carboxylic acids is 1. The fourth-order valence-corrected chi connectivity index (χ4v) is 2.75. The molecular weight excluding hydrogens is 250 g/mol. The number of nitrogens with one attached hydrogen (secondary N) is 1. The lowest BCUT2D eigenvalue weighted by atomic mass is 10.2. The molecule has 2 aromatic rings. The maximum atomic E-state index is 12.3. The second kappa shape index (κ2) is 6.01. The van der Waals surface area contributed by atoms with Gasteiger partial charge in [-0.2, -0.15) is 5.10 Å². The molecule has 4 heteroatoms. The van der Waals surface area contributed by atoms with Crippen LogP contribution < -0.4 is 5.32 Å². The first-order valence-electron chi connectivity index (χ1n) is 7.20. The molecule has 0 bridgehead atoms. The summed E-state index contributed by atoms with van der Waals surface area (Å²) in [7, 11) is 0. The Bertz CT molecular complexity index is 570. The van der Waals surface area contributed by atoms with Crippen molar-refractivity contribution < 1.29 is 4.79 Å². The SMILES string of the molecule is O=C(CNC1CCCC1)c1ccnn1-c1ccccc1. The quantitative estimate of drug-likeness (QED) is 0.849. The van der Waals surface area contributed by atoms with Crippen molar-refractivity contribution in [2.45, 2.75) is 31.7 Å². The molecule has 1 aromatic heterocycles. The van der Waals surface area contributed by atoms with Gasteiger partial charge in [0.15, 0.2) is 5.78 Å². The number of benzene rings is 1. The van der Waals surface area contributed by atoms with Gasteiger partial charge in [-0.15, -0.1) is 0 Å². The molecule has 0 saturated heterocycles. The Kier molecular flexibility index (Phi) is 3.92. The molecule has 4 nitrogen and oxygen atoms in total. The van der Waals surface area contributed by atoms with E-state index in [0.29, 0.717) is 18.3 Å². The predicted octanol–water partition coefficient (Wildman–Crippen LogP) is 2.59. The van der Waals surface area contributed by atoms with Gasteiger partial charge in [-0.05, 0) is 31.0 Å². The van der Waals surface area contributed by atoms with Crippen molar-refractivity contribution in [3.05, 3.63) is 48.3 Å². The molecular formula is C16H19N3O. The minimum atomic E-state index is 0.0956. The van der Waals surface area contributed by atoms with Gasteiger partial charge in [0.2, 0.25) is 0 Å². The Hall–Kier alpha value is -1.94. The van der Waals surface area contributed by atoms with Crippen LogP contribution in [0, 0.1) is 0 Å². The second-order valence-corrected chi connectivity index (χ2v) is 5.25. The lowest BCUT2D eigenvalue weighted by molar-refractivity contribution is 0.0980. The van der Waals surface area contributed by atoms with Gasteiger partial charge < -0.3 is 5.32 Å². The van der Waals surface area contributed by atoms with Crippen LogP contribution in [0.15, 0.2) is 42.6 Å². The van der Waals surface area contributed by atoms with E-state index >= 15 is 0 Å². The third-order valence-corrected chi connectivity index (χ3v) is 3.84. The van der Waals surface area contributed by atoms with E-state index in [-0.39, 0.29) is 5.78 Å². The number of nitrogens with zero attached hydrogens (tertiary/aromatic N) is 2. The van der Waals surface area contributed by atoms with Gasteiger partial charge in [0, 0.05) is 6.04 Å². The number of hydrogen-bond donors (Lipinski definition) is 1. The molecule has 0 spiro atoms. The molecule has 1 saturated carbocycles. The van der Waals surface area contributed by atoms with E-state index in [1.54, 1.807) is 16.9 Å². The van der Waals surface area contributed by atoms with E-state index in [2.05, 4.69) is 10.4 Å². The van der Waals surface area contributed by atoms with Gasteiger partial charge in [-0.25, -0.2) is 4.68 Å². The van der Waals surface area contributed by atoms with Crippen LogP contribution in [-0.2, 0) is 0 Å². The zero-order valence-electron chi connectivity index (χ0n) is 11.5. The van der Waals surface area contributed by atoms with Crippen molar-refractivity contribution in [1.82, 2.24) is 15.1 Å². The molecule has 104 valence electrons. The summed E-state index contributed by atoms with van der Waals surface area (Å²) in [4.78, 5) is 12.3. The molecule has 1 aromatic carbocycles. The van der Waals surface area contributed by atoms with Crippen LogP contribution in [-0.4, -0.2) is 28.2 Å². The van der Waals surface area contributed by atoms with E-state index in [1.807, 2.05) is 30.3 Å². The van der Waals surface area contributed by atoms with Crippen molar-refractivity contribution in [3.8, 4) is 5.69 Å². The Morgan fingerprint density at radius 1 is 1.20 bits per heavy atom. The summed E-state index contributed by atoms with van der Waals surface area (Å²) in [5, 5.41) is 7.61. The zero-order chi connectivity index (χ0) is 13.8. The van der Waals surface area contributed by atoms with Crippen LogP contribution in [0.3, 0.4) is 0 Å². The third-order valence-electron chi connectivity index (χ3n) is 3.84. The zero-order valence-corrected chi connectivity index (χ0v) is 11.5. The highest BCUT2D eigenvalue weighted by Gasteiger charge is 2.18. The van der Waals surface area contributed by atoms with Crippen molar-refractivity contribution >= 4 is 5.78 Å². The lowest BCUT2D eigenvalue weighted by Crippen LogP contribution is -2.32. The Labute approximate surface area is 118 Å². The van der Waals surface area contributed by atoms with Crippen molar-refractivity contribution in [2.75, 3.05) is 6.54 Å². The summed E-state index contributed by atoms with van der Waals surface area (Å²) in [6.45, 7) is 0.392. The van der Waals surface area contributed by atoms with E-state index < -0.39 is 0 Å². The maximum absolute atomic E-state index is 12.3. The molecule has 3 rings (SSSR count). The van der Waals surface area contributed by atoms with Gasteiger partial charge in [-0.1, -0.05) is 31.0 Å². The standard InChI is InChI=1S/C16H19N3O/c20-16(12-17-13-6-4-5-7-13)15-10-11-18-19(15)14-8-2-1-3-9-14/h1-3,8-11,13,17H,4-7,12H2. The highest BCUT2D eigenvalue weighted by Crippen LogP contribution is 2.17. The Balaban J connectivity index is 1.70. The summed E-state index contributed by atoms with van der Waals surface area (Å²) in [6.07, 6.45) is 6.59. The largest absolute Gasteiger partial charge is 0.307 e. The van der Waals surface area contributed by atoms with Crippen LogP contribution in [0.2, 0.25) is 0 Å². The summed E-state index contributed by atoms with van der Waals surface area (Å²) in [5.41, 5.74) is 1.56. The molecule has 1 aliphatic carbocycles. The number of ketones is 1. The summed E-state index contributed by atoms with van der Waals surface area (Å²) in [6, 6.07) is 12.0. The van der Waals surface area contributed by atoms with E-state index in [9.17, 15) is 4.79 Å². The fraction of sp³-hybridized carbons (Fsp3) is 0.375. The highest BCUT2D eigenvalue weighted by molar-refractivity contribution is 5.96. The number of aromatic nitrogens is 2. The molecule has 1 aliphatic rings. The molecule has 1 fully saturated rings. The highest BCUT2D eigenvalue weighted by atomic mass is 16.1. The molecule has 0 atom stereocenters. The molecule has 20 heavy (non-hydrogen) atoms. The first-order valence-corrected chi connectivity index (χ1v) is 7.20. The molecule has 1 heterocycles. The topological polar surface area (TPSA) is 46.9 Å². The summed E-state index contributed by atoms with van der Waals surface area (Å²) in [5.74, 6) is 0.0956. The fourth-order valence-electron chi connectivity index (χ4n) is 2.75. The number of hydrogen-bond acceptors (Lipinski definition) is 3. The number of rotatable bonds is 5. The van der Waals surface area contributed by atoms with Crippen LogP contribution in [0.1, 0.15) is 36.2 Å². The van der Waals surface area contributed by atoms with Gasteiger partial charge in [-0.3, -0.25) is 4.79 Å². The Morgan fingerprint density at radius 3 is 2.70 bits per heavy atom. The van der Waals surface area contributed by atoms with Crippen molar-refractivity contribution in [3.63, 3.8) is 0 Å². The van der Waals surface area contributed by atoms with Crippen LogP contribution in [0.25, 0.3) is 5.69 Å². The number of para-hydroxylation sites is 1. The van der Waals surface area contributed by atoms with Crippen LogP contribution in [0.4, 0.5) is 0 Å². The van der Waals surface area contributed by atoms with Gasteiger partial charge in [0.25, 0.3) is 0 Å². The van der Waals surface area contributed by atoms with E-state index in [1.165, 1.54) is 25.7 Å². The van der Waals surface area contributed by atoms with Crippen LogP contribution in [0.5, 0.6) is 0 Å². The number of carbonyl (C=O) groups is 1. The molecule has 0 unspecified atom stereocenters. The average Bonchev–Trinajstić information content (AvgIpc) is 3.17. The molecule has 1 N–H and O–H groups in total. The van der Waals surface area contributed by atoms with Gasteiger partial charge >= 0.3 is 0 Å². The first kappa shape index (κ1) is 13.1. The van der Waals surface area contributed by atoms with Crippen molar-refractivity contribution in [2.24, 2.45) is 0 Å². The van der Waals surface area contributed by atoms with Gasteiger partial charge in [0.1, 0.15) is 5.69 Å². The molecule has 0 aliphatic heterocycles. The minimum absolute atomic E-state index is 0.0956.